The summed E-state index contributed by atoms with van der Waals surface area (Å²) < 4.78 is 14.5. The minimum Gasteiger partial charge on any atom is -0.465 e. The zero-order valence-corrected chi connectivity index (χ0v) is 18.2. The van der Waals surface area contributed by atoms with E-state index in [-0.39, 0.29) is 36.7 Å². The number of hydrogen-bond donors (Lipinski definition) is 3. The molecule has 3 rings (SSSR count). The molecule has 11 heteroatoms. The molecule has 0 radical (unpaired) electrons. The first-order valence-electron chi connectivity index (χ1n) is 10.4. The minimum absolute atomic E-state index is 0.0140. The van der Waals surface area contributed by atoms with Crippen LogP contribution in [0.2, 0.25) is 0 Å². The van der Waals surface area contributed by atoms with Crippen molar-refractivity contribution in [2.45, 2.75) is 38.3 Å². The van der Waals surface area contributed by atoms with Gasteiger partial charge in [0.1, 0.15) is 17.4 Å². The summed E-state index contributed by atoms with van der Waals surface area (Å²) in [6.07, 6.45) is 0.402. The van der Waals surface area contributed by atoms with Crippen LogP contribution in [-0.4, -0.2) is 43.9 Å². The lowest BCUT2D eigenvalue weighted by molar-refractivity contribution is 0.0112. The Morgan fingerprint density at radius 3 is 2.55 bits per heavy atom. The highest BCUT2D eigenvalue weighted by molar-refractivity contribution is 5.98. The van der Waals surface area contributed by atoms with E-state index < -0.39 is 35.3 Å². The molecule has 1 unspecified atom stereocenters. The number of piperidine rings is 1. The van der Waals surface area contributed by atoms with Crippen LogP contribution in [0.1, 0.15) is 43.1 Å². The third-order valence-corrected chi connectivity index (χ3v) is 5.71. The molecule has 10 nitrogen and oxygen atoms in total. The molecule has 0 aliphatic carbocycles. The summed E-state index contributed by atoms with van der Waals surface area (Å²) >= 11 is 0. The Morgan fingerprint density at radius 1 is 1.36 bits per heavy atom. The maximum absolute atomic E-state index is 13.3. The summed E-state index contributed by atoms with van der Waals surface area (Å²) in [5.41, 5.74) is 4.36. The fraction of sp³-hybridized carbons (Fsp3) is 0.409. The van der Waals surface area contributed by atoms with E-state index in [1.54, 1.807) is 0 Å². The number of nitrogens with one attached hydrogen (secondary N) is 1. The smallest absolute Gasteiger partial charge is 0.408 e. The second-order valence-electron chi connectivity index (χ2n) is 8.40. The Bertz CT molecular complexity index is 1130. The molecule has 2 aromatic rings. The van der Waals surface area contributed by atoms with Gasteiger partial charge in [0.25, 0.3) is 5.91 Å². The van der Waals surface area contributed by atoms with Gasteiger partial charge in [-0.25, -0.2) is 9.18 Å². The molecule has 1 aromatic carbocycles. The number of primary amides is 1. The molecule has 33 heavy (non-hydrogen) atoms. The first kappa shape index (κ1) is 23.5. The zero-order chi connectivity index (χ0) is 24.3. The van der Waals surface area contributed by atoms with Gasteiger partial charge in [0.05, 0.1) is 18.1 Å². The quantitative estimate of drug-likeness (QED) is 0.605. The molecule has 2 amide bonds. The summed E-state index contributed by atoms with van der Waals surface area (Å²) in [6.45, 7) is 3.73. The molecule has 0 bridgehead atoms. The molecule has 1 aromatic heterocycles. The Labute approximate surface area is 190 Å². The molecule has 4 N–H and O–H groups in total. The third-order valence-electron chi connectivity index (χ3n) is 5.71. The standard InChI is InChI=1S/C22H24FN7O3/c1-13(2)9-22(12-25)18(14(10-24)7-8-29(22)21(32)33)30-11-17(19(26)31)20(28-30)27-16-5-3-15(23)4-6-16/h3-6,11,13-14,18H,7-9H2,1-2H3,(H2,26,31)(H,27,28)(H,32,33)/t14-,18-,22?/m1/s1. The largest absolute Gasteiger partial charge is 0.465 e. The Hall–Kier alpha value is -4.12. The number of amides is 2. The van der Waals surface area contributed by atoms with Crippen LogP contribution in [-0.2, 0) is 0 Å². The number of carbonyl (C=O) groups excluding carboxylic acids is 1. The number of rotatable bonds is 6. The lowest BCUT2D eigenvalue weighted by Crippen LogP contribution is -2.61. The normalized spacial score (nSPS) is 22.4. The second kappa shape index (κ2) is 9.17. The van der Waals surface area contributed by atoms with Gasteiger partial charge in [0.15, 0.2) is 11.4 Å². The van der Waals surface area contributed by atoms with E-state index in [1.165, 1.54) is 35.1 Å². The van der Waals surface area contributed by atoms with Crippen LogP contribution in [0.15, 0.2) is 30.5 Å². The van der Waals surface area contributed by atoms with Crippen LogP contribution >= 0.6 is 0 Å². The zero-order valence-electron chi connectivity index (χ0n) is 18.2. The van der Waals surface area contributed by atoms with Crippen LogP contribution in [0.5, 0.6) is 0 Å². The Balaban J connectivity index is 2.16. The molecule has 0 saturated carbocycles. The molecular weight excluding hydrogens is 429 g/mol. The molecule has 1 aliphatic rings. The minimum atomic E-state index is -1.59. The first-order chi connectivity index (χ1) is 15.6. The number of benzene rings is 1. The second-order valence-corrected chi connectivity index (χ2v) is 8.40. The number of carboxylic acid groups (broad SMARTS) is 1. The molecule has 0 spiro atoms. The monoisotopic (exact) mass is 453 g/mol. The highest BCUT2D eigenvalue weighted by Crippen LogP contribution is 2.45. The number of nitrogens with two attached hydrogens (primary N) is 1. The number of hydrogen-bond acceptors (Lipinski definition) is 6. The Morgan fingerprint density at radius 2 is 2.03 bits per heavy atom. The SMILES string of the molecule is CC(C)CC1(C#N)[C@H](n2cc(C(N)=O)c(Nc3ccc(F)cc3)n2)[C@@H](C#N)CCN1C(=O)O. The van der Waals surface area contributed by atoms with Crippen molar-refractivity contribution in [3.63, 3.8) is 0 Å². The van der Waals surface area contributed by atoms with E-state index in [0.717, 1.165) is 4.90 Å². The van der Waals surface area contributed by atoms with Crippen LogP contribution in [0.25, 0.3) is 0 Å². The summed E-state index contributed by atoms with van der Waals surface area (Å²) in [4.78, 5) is 25.3. The molecular formula is C22H24FN7O3. The summed E-state index contributed by atoms with van der Waals surface area (Å²) in [7, 11) is 0. The van der Waals surface area contributed by atoms with Crippen molar-refractivity contribution in [2.24, 2.45) is 17.6 Å². The fourth-order valence-corrected chi connectivity index (χ4v) is 4.42. The summed E-state index contributed by atoms with van der Waals surface area (Å²) in [5.74, 6) is -2.01. The van der Waals surface area contributed by atoms with Crippen molar-refractivity contribution in [1.29, 1.82) is 10.5 Å². The average Bonchev–Trinajstić information content (AvgIpc) is 3.17. The molecule has 3 atom stereocenters. The van der Waals surface area contributed by atoms with E-state index in [2.05, 4.69) is 22.6 Å². The highest BCUT2D eigenvalue weighted by Gasteiger charge is 2.55. The van der Waals surface area contributed by atoms with Gasteiger partial charge in [0.2, 0.25) is 0 Å². The lowest BCUT2D eigenvalue weighted by atomic mass is 9.72. The summed E-state index contributed by atoms with van der Waals surface area (Å²) in [6, 6.07) is 8.70. The number of nitriles is 2. The van der Waals surface area contributed by atoms with Crippen molar-refractivity contribution in [3.05, 3.63) is 41.8 Å². The number of halogens is 1. The maximum atomic E-state index is 13.3. The van der Waals surface area contributed by atoms with Crippen LogP contribution in [0.4, 0.5) is 20.7 Å². The predicted octanol–water partition coefficient (Wildman–Crippen LogP) is 3.24. The molecule has 2 heterocycles. The van der Waals surface area contributed by atoms with E-state index in [0.29, 0.717) is 5.69 Å². The summed E-state index contributed by atoms with van der Waals surface area (Å²) in [5, 5.41) is 37.3. The average molecular weight is 453 g/mol. The number of carbonyl (C=O) groups is 2. The first-order valence-corrected chi connectivity index (χ1v) is 10.4. The molecule has 172 valence electrons. The van der Waals surface area contributed by atoms with Crippen molar-refractivity contribution >= 4 is 23.5 Å². The van der Waals surface area contributed by atoms with Crippen LogP contribution < -0.4 is 11.1 Å². The van der Waals surface area contributed by atoms with Gasteiger partial charge in [-0.2, -0.15) is 15.6 Å². The maximum Gasteiger partial charge on any atom is 0.408 e. The van der Waals surface area contributed by atoms with Crippen molar-refractivity contribution in [2.75, 3.05) is 11.9 Å². The van der Waals surface area contributed by atoms with E-state index >= 15 is 0 Å². The number of aromatic nitrogens is 2. The predicted molar refractivity (Wildman–Crippen MR) is 116 cm³/mol. The number of likely N-dealkylation sites (tertiary alicyclic amines) is 1. The van der Waals surface area contributed by atoms with Crippen molar-refractivity contribution in [1.82, 2.24) is 14.7 Å². The van der Waals surface area contributed by atoms with Gasteiger partial charge < -0.3 is 16.2 Å². The number of anilines is 2. The lowest BCUT2D eigenvalue weighted by Gasteiger charge is -2.48. The van der Waals surface area contributed by atoms with Gasteiger partial charge in [-0.15, -0.1) is 0 Å². The van der Waals surface area contributed by atoms with Gasteiger partial charge in [-0.05, 0) is 43.0 Å². The van der Waals surface area contributed by atoms with E-state index in [1.807, 2.05) is 13.8 Å². The molecule has 1 aliphatic heterocycles. The Kier molecular flexibility index (Phi) is 6.54. The fourth-order valence-electron chi connectivity index (χ4n) is 4.42. The van der Waals surface area contributed by atoms with Gasteiger partial charge >= 0.3 is 6.09 Å². The molecule has 1 saturated heterocycles. The van der Waals surface area contributed by atoms with Crippen molar-refractivity contribution < 1.29 is 19.1 Å². The van der Waals surface area contributed by atoms with Gasteiger partial charge in [-0.3, -0.25) is 14.4 Å². The highest BCUT2D eigenvalue weighted by atomic mass is 19.1. The third kappa shape index (κ3) is 4.44. The van der Waals surface area contributed by atoms with Crippen molar-refractivity contribution in [3.8, 4) is 12.1 Å². The van der Waals surface area contributed by atoms with E-state index in [4.69, 9.17) is 5.73 Å². The number of nitrogens with zero attached hydrogens (tertiary/aromatic N) is 5. The van der Waals surface area contributed by atoms with Gasteiger partial charge in [-0.1, -0.05) is 13.8 Å². The van der Waals surface area contributed by atoms with Gasteiger partial charge in [0, 0.05) is 18.4 Å². The van der Waals surface area contributed by atoms with Crippen LogP contribution in [0.3, 0.4) is 0 Å². The van der Waals surface area contributed by atoms with Crippen LogP contribution in [0, 0.1) is 40.3 Å². The topological polar surface area (TPSA) is 161 Å². The van der Waals surface area contributed by atoms with E-state index in [9.17, 15) is 29.6 Å². The molecule has 1 fully saturated rings.